The van der Waals surface area contributed by atoms with Crippen molar-refractivity contribution >= 4 is 11.9 Å². The first-order valence-corrected chi connectivity index (χ1v) is 7.07. The number of aliphatic hydroxyl groups excluding tert-OH is 1. The number of aliphatic hydroxyl groups is 1. The summed E-state index contributed by atoms with van der Waals surface area (Å²) in [4.78, 5) is 12.5. The summed E-state index contributed by atoms with van der Waals surface area (Å²) in [7, 11) is 0. The molecule has 21 heavy (non-hydrogen) atoms. The zero-order chi connectivity index (χ0) is 14.7. The summed E-state index contributed by atoms with van der Waals surface area (Å²) < 4.78 is 1.53. The van der Waals surface area contributed by atoms with Crippen LogP contribution in [0.2, 0.25) is 0 Å². The van der Waals surface area contributed by atoms with Gasteiger partial charge in [-0.25, -0.2) is 4.68 Å². The molecule has 2 aromatic heterocycles. The van der Waals surface area contributed by atoms with Gasteiger partial charge in [0, 0.05) is 24.4 Å². The zero-order valence-corrected chi connectivity index (χ0v) is 11.7. The summed E-state index contributed by atoms with van der Waals surface area (Å²) in [6.07, 6.45) is 7.73. The van der Waals surface area contributed by atoms with Gasteiger partial charge in [-0.3, -0.25) is 0 Å². The Kier molecular flexibility index (Phi) is 3.70. The smallest absolute Gasteiger partial charge is 0.257 e. The highest BCUT2D eigenvalue weighted by Gasteiger charge is 2.33. The fourth-order valence-corrected chi connectivity index (χ4v) is 2.73. The Morgan fingerprint density at radius 3 is 2.76 bits per heavy atom. The van der Waals surface area contributed by atoms with Crippen molar-refractivity contribution in [3.8, 4) is 5.95 Å². The van der Waals surface area contributed by atoms with Gasteiger partial charge in [0.15, 0.2) is 0 Å². The van der Waals surface area contributed by atoms with Crippen LogP contribution in [-0.4, -0.2) is 43.0 Å². The summed E-state index contributed by atoms with van der Waals surface area (Å²) in [5.41, 5.74) is 5.65. The van der Waals surface area contributed by atoms with Gasteiger partial charge >= 0.3 is 0 Å². The third-order valence-electron chi connectivity index (χ3n) is 3.97. The Bertz CT molecular complexity index is 593. The van der Waals surface area contributed by atoms with E-state index in [1.54, 1.807) is 18.5 Å². The van der Waals surface area contributed by atoms with Gasteiger partial charge in [-0.15, -0.1) is 0 Å². The number of nitrogens with one attached hydrogen (secondary N) is 1. The van der Waals surface area contributed by atoms with Crippen LogP contribution in [0.1, 0.15) is 25.7 Å². The van der Waals surface area contributed by atoms with Crippen molar-refractivity contribution in [3.63, 3.8) is 0 Å². The molecular weight excluding hydrogens is 270 g/mol. The first-order valence-electron chi connectivity index (χ1n) is 7.07. The van der Waals surface area contributed by atoms with E-state index in [9.17, 15) is 5.11 Å². The van der Waals surface area contributed by atoms with Crippen LogP contribution in [0.15, 0.2) is 18.5 Å². The standard InChI is InChI=1S/C13H19N7O/c14-10-17-11(15-8-13(9-21)4-1-2-5-13)19-12(18-10)20-7-3-6-16-20/h3,6-7,21H,1-2,4-5,8-9H2,(H3,14,15,17,18,19). The molecule has 4 N–H and O–H groups in total. The molecule has 1 fully saturated rings. The molecule has 3 rings (SSSR count). The Balaban J connectivity index is 1.76. The molecule has 0 aromatic carbocycles. The lowest BCUT2D eigenvalue weighted by Gasteiger charge is -2.26. The van der Waals surface area contributed by atoms with E-state index >= 15 is 0 Å². The minimum absolute atomic E-state index is 0.0761. The molecule has 112 valence electrons. The normalized spacial score (nSPS) is 17.0. The number of hydrogen-bond donors (Lipinski definition) is 3. The van der Waals surface area contributed by atoms with E-state index in [-0.39, 0.29) is 18.0 Å². The van der Waals surface area contributed by atoms with Gasteiger partial charge in [-0.1, -0.05) is 12.8 Å². The van der Waals surface area contributed by atoms with Crippen LogP contribution < -0.4 is 11.1 Å². The predicted molar refractivity (Wildman–Crippen MR) is 77.8 cm³/mol. The van der Waals surface area contributed by atoms with Gasteiger partial charge in [-0.2, -0.15) is 20.1 Å². The van der Waals surface area contributed by atoms with Gasteiger partial charge < -0.3 is 16.2 Å². The molecule has 0 bridgehead atoms. The molecule has 1 aliphatic carbocycles. The topological polar surface area (TPSA) is 115 Å². The monoisotopic (exact) mass is 289 g/mol. The summed E-state index contributed by atoms with van der Waals surface area (Å²) in [6, 6.07) is 1.78. The summed E-state index contributed by atoms with van der Waals surface area (Å²) in [5.74, 6) is 0.926. The van der Waals surface area contributed by atoms with Crippen molar-refractivity contribution in [2.75, 3.05) is 24.2 Å². The quantitative estimate of drug-likeness (QED) is 0.738. The van der Waals surface area contributed by atoms with Crippen molar-refractivity contribution < 1.29 is 5.11 Å². The molecule has 0 spiro atoms. The molecule has 0 aliphatic heterocycles. The molecule has 0 unspecified atom stereocenters. The molecule has 1 saturated carbocycles. The van der Waals surface area contributed by atoms with Gasteiger partial charge in [0.1, 0.15) is 0 Å². The van der Waals surface area contributed by atoms with Gasteiger partial charge in [0.25, 0.3) is 5.95 Å². The van der Waals surface area contributed by atoms with E-state index < -0.39 is 0 Å². The molecule has 1 aliphatic rings. The minimum Gasteiger partial charge on any atom is -0.396 e. The number of nitrogens with two attached hydrogens (primary N) is 1. The van der Waals surface area contributed by atoms with Crippen molar-refractivity contribution in [1.29, 1.82) is 0 Å². The number of hydrogen-bond acceptors (Lipinski definition) is 7. The summed E-state index contributed by atoms with van der Waals surface area (Å²) >= 11 is 0. The lowest BCUT2D eigenvalue weighted by Crippen LogP contribution is -2.31. The minimum atomic E-state index is -0.0761. The van der Waals surface area contributed by atoms with E-state index in [1.807, 2.05) is 0 Å². The molecule has 0 amide bonds. The summed E-state index contributed by atoms with van der Waals surface area (Å²) in [6.45, 7) is 0.804. The zero-order valence-electron chi connectivity index (χ0n) is 11.7. The number of anilines is 2. The maximum atomic E-state index is 9.62. The first-order chi connectivity index (χ1) is 10.2. The maximum absolute atomic E-state index is 9.62. The fraction of sp³-hybridized carbons (Fsp3) is 0.538. The average molecular weight is 289 g/mol. The molecule has 0 radical (unpaired) electrons. The maximum Gasteiger partial charge on any atom is 0.257 e. The Morgan fingerprint density at radius 1 is 1.29 bits per heavy atom. The number of nitrogen functional groups attached to an aromatic ring is 1. The second-order valence-corrected chi connectivity index (χ2v) is 5.49. The van der Waals surface area contributed by atoms with Crippen LogP contribution in [0.3, 0.4) is 0 Å². The predicted octanol–water partition coefficient (Wildman–Crippen LogP) is 0.604. The summed E-state index contributed by atoms with van der Waals surface area (Å²) in [5, 5.41) is 16.9. The van der Waals surface area contributed by atoms with Crippen LogP contribution >= 0.6 is 0 Å². The SMILES string of the molecule is Nc1nc(NCC2(CO)CCCC2)nc(-n2cccn2)n1. The largest absolute Gasteiger partial charge is 0.396 e. The number of nitrogens with zero attached hydrogens (tertiary/aromatic N) is 5. The van der Waals surface area contributed by atoms with Gasteiger partial charge in [0.05, 0.1) is 6.61 Å². The van der Waals surface area contributed by atoms with Crippen molar-refractivity contribution in [2.45, 2.75) is 25.7 Å². The van der Waals surface area contributed by atoms with E-state index in [2.05, 4.69) is 25.4 Å². The first kappa shape index (κ1) is 13.7. The second kappa shape index (κ2) is 5.65. The Morgan fingerprint density at radius 2 is 2.10 bits per heavy atom. The highest BCUT2D eigenvalue weighted by atomic mass is 16.3. The van der Waals surface area contributed by atoms with Crippen molar-refractivity contribution in [3.05, 3.63) is 18.5 Å². The number of aromatic nitrogens is 5. The molecule has 0 atom stereocenters. The Labute approximate surface area is 122 Å². The molecule has 8 heteroatoms. The van der Waals surface area contributed by atoms with Crippen LogP contribution in [-0.2, 0) is 0 Å². The second-order valence-electron chi connectivity index (χ2n) is 5.49. The van der Waals surface area contributed by atoms with Crippen LogP contribution in [0.4, 0.5) is 11.9 Å². The van der Waals surface area contributed by atoms with Gasteiger partial charge in [0.2, 0.25) is 11.9 Å². The van der Waals surface area contributed by atoms with Gasteiger partial charge in [-0.05, 0) is 18.9 Å². The molecule has 2 aromatic rings. The lowest BCUT2D eigenvalue weighted by molar-refractivity contribution is 0.142. The van der Waals surface area contributed by atoms with Crippen molar-refractivity contribution in [1.82, 2.24) is 24.7 Å². The van der Waals surface area contributed by atoms with E-state index in [1.165, 1.54) is 4.68 Å². The third-order valence-corrected chi connectivity index (χ3v) is 3.97. The fourth-order valence-electron chi connectivity index (χ4n) is 2.73. The highest BCUT2D eigenvalue weighted by Crippen LogP contribution is 2.37. The average Bonchev–Trinajstić information content (AvgIpc) is 3.17. The van der Waals surface area contributed by atoms with Crippen molar-refractivity contribution in [2.24, 2.45) is 5.41 Å². The van der Waals surface area contributed by atoms with Crippen LogP contribution in [0, 0.1) is 5.41 Å². The third kappa shape index (κ3) is 2.94. The van der Waals surface area contributed by atoms with E-state index in [4.69, 9.17) is 5.73 Å². The molecular formula is C13H19N7O. The van der Waals surface area contributed by atoms with Crippen LogP contribution in [0.25, 0.3) is 5.95 Å². The van der Waals surface area contributed by atoms with E-state index in [0.29, 0.717) is 18.4 Å². The Hall–Kier alpha value is -2.22. The molecule has 0 saturated heterocycles. The molecule has 2 heterocycles. The number of rotatable bonds is 5. The lowest BCUT2D eigenvalue weighted by atomic mass is 9.87. The highest BCUT2D eigenvalue weighted by molar-refractivity contribution is 5.35. The van der Waals surface area contributed by atoms with E-state index in [0.717, 1.165) is 25.7 Å². The molecule has 8 nitrogen and oxygen atoms in total. The van der Waals surface area contributed by atoms with Crippen LogP contribution in [0.5, 0.6) is 0 Å².